The van der Waals surface area contributed by atoms with Crippen molar-refractivity contribution in [2.45, 2.75) is 11.8 Å². The average Bonchev–Trinajstić information content (AvgIpc) is 2.54. The van der Waals surface area contributed by atoms with Gasteiger partial charge < -0.3 is 0 Å². The number of rotatable bonds is 2. The number of carbonyl (C=O) groups excluding carboxylic acids is 1. The standard InChI is InChI=1S/C17H12N2OS/c1-2-21-13-9-19-16-14-12(13)7-8-18-15(14)10-5-3-4-6-11(10)17(16)20/h3-9H,2H2,1H3. The van der Waals surface area contributed by atoms with E-state index in [4.69, 9.17) is 0 Å². The van der Waals surface area contributed by atoms with Crippen molar-refractivity contribution < 1.29 is 4.79 Å². The molecular weight excluding hydrogens is 280 g/mol. The summed E-state index contributed by atoms with van der Waals surface area (Å²) in [5.74, 6) is 0.961. The molecule has 1 aliphatic rings. The highest BCUT2D eigenvalue weighted by atomic mass is 32.2. The first kappa shape index (κ1) is 12.5. The molecule has 0 saturated carbocycles. The van der Waals surface area contributed by atoms with Gasteiger partial charge in [-0.2, -0.15) is 0 Å². The van der Waals surface area contributed by atoms with Gasteiger partial charge in [0.25, 0.3) is 0 Å². The third kappa shape index (κ3) is 1.72. The number of carbonyl (C=O) groups is 1. The Bertz CT molecular complexity index is 889. The Kier molecular flexibility index (Phi) is 2.79. The van der Waals surface area contributed by atoms with Crippen molar-refractivity contribution >= 4 is 28.3 Å². The largest absolute Gasteiger partial charge is 0.287 e. The van der Waals surface area contributed by atoms with Crippen molar-refractivity contribution in [2.24, 2.45) is 0 Å². The second kappa shape index (κ2) is 4.67. The average molecular weight is 292 g/mol. The van der Waals surface area contributed by atoms with Crippen LogP contribution in [0, 0.1) is 0 Å². The minimum absolute atomic E-state index is 0.0100. The number of pyridine rings is 2. The summed E-state index contributed by atoms with van der Waals surface area (Å²) in [4.78, 5) is 22.7. The zero-order valence-corrected chi connectivity index (χ0v) is 12.3. The monoisotopic (exact) mass is 292 g/mol. The fourth-order valence-corrected chi connectivity index (χ4v) is 3.59. The molecule has 0 fully saturated rings. The molecule has 0 bridgehead atoms. The molecule has 1 aliphatic carbocycles. The van der Waals surface area contributed by atoms with E-state index in [9.17, 15) is 4.79 Å². The van der Waals surface area contributed by atoms with Gasteiger partial charge in [-0.3, -0.25) is 14.8 Å². The molecule has 102 valence electrons. The molecule has 0 aliphatic heterocycles. The highest BCUT2D eigenvalue weighted by Crippen LogP contribution is 2.39. The van der Waals surface area contributed by atoms with E-state index < -0.39 is 0 Å². The fourth-order valence-electron chi connectivity index (χ4n) is 2.83. The molecule has 0 radical (unpaired) electrons. The van der Waals surface area contributed by atoms with Crippen LogP contribution in [0.2, 0.25) is 0 Å². The van der Waals surface area contributed by atoms with Crippen molar-refractivity contribution in [1.82, 2.24) is 9.97 Å². The van der Waals surface area contributed by atoms with Crippen LogP contribution in [0.1, 0.15) is 23.0 Å². The number of thioether (sulfide) groups is 1. The second-order valence-corrected chi connectivity index (χ2v) is 6.17. The molecule has 21 heavy (non-hydrogen) atoms. The lowest BCUT2D eigenvalue weighted by Crippen LogP contribution is -2.13. The van der Waals surface area contributed by atoms with Crippen LogP contribution in [-0.4, -0.2) is 21.5 Å². The first-order valence-corrected chi connectivity index (χ1v) is 7.84. The summed E-state index contributed by atoms with van der Waals surface area (Å²) in [6, 6.07) is 9.59. The first-order chi connectivity index (χ1) is 10.3. The van der Waals surface area contributed by atoms with Crippen molar-refractivity contribution in [1.29, 1.82) is 0 Å². The number of ketones is 1. The number of fused-ring (bicyclic) bond motifs is 2. The number of aromatic nitrogens is 2. The topological polar surface area (TPSA) is 42.9 Å². The number of hydrogen-bond donors (Lipinski definition) is 0. The van der Waals surface area contributed by atoms with E-state index in [1.807, 2.05) is 36.5 Å². The van der Waals surface area contributed by atoms with Gasteiger partial charge >= 0.3 is 0 Å². The van der Waals surface area contributed by atoms with E-state index in [1.54, 1.807) is 18.0 Å². The van der Waals surface area contributed by atoms with Crippen LogP contribution in [0.5, 0.6) is 0 Å². The predicted molar refractivity (Wildman–Crippen MR) is 84.8 cm³/mol. The van der Waals surface area contributed by atoms with Gasteiger partial charge in [0.1, 0.15) is 5.69 Å². The summed E-state index contributed by atoms with van der Waals surface area (Å²) >= 11 is 1.74. The van der Waals surface area contributed by atoms with Crippen molar-refractivity contribution in [2.75, 3.05) is 5.75 Å². The van der Waals surface area contributed by atoms with Crippen LogP contribution in [0.25, 0.3) is 22.0 Å². The Balaban J connectivity index is 2.15. The number of nitrogens with zero attached hydrogens (tertiary/aromatic N) is 2. The minimum Gasteiger partial charge on any atom is -0.287 e. The first-order valence-electron chi connectivity index (χ1n) is 6.86. The Morgan fingerprint density at radius 2 is 1.86 bits per heavy atom. The van der Waals surface area contributed by atoms with Crippen LogP contribution in [0.3, 0.4) is 0 Å². The van der Waals surface area contributed by atoms with Gasteiger partial charge in [-0.25, -0.2) is 0 Å². The summed E-state index contributed by atoms with van der Waals surface area (Å²) in [5.41, 5.74) is 2.98. The highest BCUT2D eigenvalue weighted by molar-refractivity contribution is 7.99. The highest BCUT2D eigenvalue weighted by Gasteiger charge is 2.27. The smallest absolute Gasteiger partial charge is 0.212 e. The third-order valence-corrected chi connectivity index (χ3v) is 4.63. The van der Waals surface area contributed by atoms with E-state index in [0.717, 1.165) is 32.7 Å². The molecule has 0 saturated heterocycles. The summed E-state index contributed by atoms with van der Waals surface area (Å²) < 4.78 is 0. The zero-order valence-electron chi connectivity index (χ0n) is 11.5. The molecule has 0 amide bonds. The normalized spacial score (nSPS) is 12.5. The number of hydrogen-bond acceptors (Lipinski definition) is 4. The van der Waals surface area contributed by atoms with Crippen LogP contribution < -0.4 is 0 Å². The van der Waals surface area contributed by atoms with Crippen molar-refractivity contribution in [3.63, 3.8) is 0 Å². The molecule has 0 atom stereocenters. The lowest BCUT2D eigenvalue weighted by Gasteiger charge is -2.19. The maximum Gasteiger partial charge on any atom is 0.212 e. The summed E-state index contributed by atoms with van der Waals surface area (Å²) in [6.07, 6.45) is 3.62. The van der Waals surface area contributed by atoms with Crippen LogP contribution in [-0.2, 0) is 0 Å². The fraction of sp³-hybridized carbons (Fsp3) is 0.118. The van der Waals surface area contributed by atoms with E-state index in [2.05, 4.69) is 16.9 Å². The van der Waals surface area contributed by atoms with Crippen molar-refractivity contribution in [3.05, 3.63) is 54.0 Å². The van der Waals surface area contributed by atoms with Gasteiger partial charge in [0.15, 0.2) is 0 Å². The van der Waals surface area contributed by atoms with Gasteiger partial charge in [-0.1, -0.05) is 31.2 Å². The van der Waals surface area contributed by atoms with E-state index in [1.165, 1.54) is 0 Å². The molecule has 2 aromatic heterocycles. The van der Waals surface area contributed by atoms with Gasteiger partial charge in [0, 0.05) is 39.2 Å². The molecule has 0 spiro atoms. The Hall–Kier alpha value is -2.20. The minimum atomic E-state index is -0.0100. The summed E-state index contributed by atoms with van der Waals surface area (Å²) in [5, 5.41) is 1.96. The quantitative estimate of drug-likeness (QED) is 0.525. The molecule has 4 heteroatoms. The van der Waals surface area contributed by atoms with Crippen LogP contribution in [0.15, 0.2) is 47.6 Å². The van der Waals surface area contributed by atoms with Crippen LogP contribution >= 0.6 is 11.8 Å². The maximum atomic E-state index is 12.7. The predicted octanol–water partition coefficient (Wildman–Crippen LogP) is 3.95. The van der Waals surface area contributed by atoms with E-state index >= 15 is 0 Å². The van der Waals surface area contributed by atoms with E-state index in [-0.39, 0.29) is 5.78 Å². The van der Waals surface area contributed by atoms with Gasteiger partial charge in [0.05, 0.1) is 5.69 Å². The molecule has 0 N–H and O–H groups in total. The number of benzene rings is 1. The zero-order chi connectivity index (χ0) is 14.4. The molecule has 2 heterocycles. The molecule has 3 aromatic rings. The van der Waals surface area contributed by atoms with Gasteiger partial charge in [-0.05, 0) is 11.8 Å². The van der Waals surface area contributed by atoms with Gasteiger partial charge in [0.2, 0.25) is 5.78 Å². The SMILES string of the molecule is CCSc1cnc2c3c(nccc13)-c1ccccc1C2=O. The molecule has 4 rings (SSSR count). The molecular formula is C17H12N2OS. The summed E-state index contributed by atoms with van der Waals surface area (Å²) in [6.45, 7) is 2.11. The lowest BCUT2D eigenvalue weighted by molar-refractivity contribution is 0.103. The lowest BCUT2D eigenvalue weighted by atomic mass is 9.89. The summed E-state index contributed by atoms with van der Waals surface area (Å²) in [7, 11) is 0. The molecule has 3 nitrogen and oxygen atoms in total. The van der Waals surface area contributed by atoms with Crippen molar-refractivity contribution in [3.8, 4) is 11.3 Å². The Morgan fingerprint density at radius 3 is 2.67 bits per heavy atom. The Morgan fingerprint density at radius 1 is 1.05 bits per heavy atom. The second-order valence-electron chi connectivity index (χ2n) is 4.86. The van der Waals surface area contributed by atoms with Crippen LogP contribution in [0.4, 0.5) is 0 Å². The van der Waals surface area contributed by atoms with Gasteiger partial charge in [-0.15, -0.1) is 11.8 Å². The molecule has 0 unspecified atom stereocenters. The Labute approximate surface area is 126 Å². The molecule has 1 aromatic carbocycles. The maximum absolute atomic E-state index is 12.7. The third-order valence-electron chi connectivity index (χ3n) is 3.71. The van der Waals surface area contributed by atoms with E-state index in [0.29, 0.717) is 11.3 Å².